The third kappa shape index (κ3) is 4.70. The second-order valence-electron chi connectivity index (χ2n) is 5.11. The second kappa shape index (κ2) is 7.41. The average Bonchev–Trinajstić information content (AvgIpc) is 2.48. The zero-order chi connectivity index (χ0) is 15.2. The molecule has 0 radical (unpaired) electrons. The molecule has 0 spiro atoms. The van der Waals surface area contributed by atoms with Crippen molar-refractivity contribution in [3.05, 3.63) is 34.6 Å². The Balaban J connectivity index is 1.80. The van der Waals surface area contributed by atoms with Crippen molar-refractivity contribution in [1.29, 1.82) is 0 Å². The molecule has 0 saturated heterocycles. The van der Waals surface area contributed by atoms with Gasteiger partial charge in [0.1, 0.15) is 5.82 Å². The fourth-order valence-corrected chi connectivity index (χ4v) is 2.53. The standard InChI is InChI=1S/C15H17ClFNO3/c16-12-8-10(6-7-13(12)17)15(20)21-9-14(19)18-11-4-2-1-3-5-11/h6-8,11H,1-5,9H2,(H,18,19). The normalized spacial score (nSPS) is 15.5. The van der Waals surface area contributed by atoms with E-state index in [-0.39, 0.29) is 29.1 Å². The Kier molecular flexibility index (Phi) is 5.56. The van der Waals surface area contributed by atoms with Crippen molar-refractivity contribution >= 4 is 23.5 Å². The van der Waals surface area contributed by atoms with E-state index in [1.165, 1.54) is 18.6 Å². The first-order chi connectivity index (χ1) is 10.1. The summed E-state index contributed by atoms with van der Waals surface area (Å²) in [5, 5.41) is 2.69. The lowest BCUT2D eigenvalue weighted by Crippen LogP contribution is -2.38. The van der Waals surface area contributed by atoms with Gasteiger partial charge in [0, 0.05) is 6.04 Å². The quantitative estimate of drug-likeness (QED) is 0.869. The predicted octanol–water partition coefficient (Wildman–Crippen LogP) is 3.08. The van der Waals surface area contributed by atoms with E-state index in [1.807, 2.05) is 0 Å². The molecule has 0 aromatic heterocycles. The minimum absolute atomic E-state index is 0.117. The minimum atomic E-state index is -0.698. The van der Waals surface area contributed by atoms with Gasteiger partial charge in [-0.25, -0.2) is 9.18 Å². The molecule has 1 saturated carbocycles. The molecule has 6 heteroatoms. The zero-order valence-electron chi connectivity index (χ0n) is 11.5. The van der Waals surface area contributed by atoms with Crippen molar-refractivity contribution in [2.24, 2.45) is 0 Å². The molecule has 1 aromatic carbocycles. The van der Waals surface area contributed by atoms with Gasteiger partial charge >= 0.3 is 5.97 Å². The average molecular weight is 314 g/mol. The Morgan fingerprint density at radius 2 is 2.00 bits per heavy atom. The van der Waals surface area contributed by atoms with Crippen molar-refractivity contribution in [2.45, 2.75) is 38.1 Å². The molecule has 1 aromatic rings. The highest BCUT2D eigenvalue weighted by Crippen LogP contribution is 2.18. The first-order valence-electron chi connectivity index (χ1n) is 6.98. The van der Waals surface area contributed by atoms with Crippen LogP contribution in [-0.4, -0.2) is 24.5 Å². The van der Waals surface area contributed by atoms with Crippen molar-refractivity contribution in [3.8, 4) is 0 Å². The molecule has 1 fully saturated rings. The van der Waals surface area contributed by atoms with Gasteiger partial charge in [0.2, 0.25) is 0 Å². The van der Waals surface area contributed by atoms with Gasteiger partial charge in [0.15, 0.2) is 6.61 Å². The number of benzene rings is 1. The second-order valence-corrected chi connectivity index (χ2v) is 5.51. The van der Waals surface area contributed by atoms with Gasteiger partial charge < -0.3 is 10.1 Å². The Morgan fingerprint density at radius 1 is 1.29 bits per heavy atom. The van der Waals surface area contributed by atoms with E-state index < -0.39 is 11.8 Å². The molecule has 0 bridgehead atoms. The number of rotatable bonds is 4. The van der Waals surface area contributed by atoms with Crippen LogP contribution < -0.4 is 5.32 Å². The third-order valence-electron chi connectivity index (χ3n) is 3.46. The number of halogens is 2. The van der Waals surface area contributed by atoms with Gasteiger partial charge in [-0.1, -0.05) is 30.9 Å². The number of hydrogen-bond donors (Lipinski definition) is 1. The smallest absolute Gasteiger partial charge is 0.338 e. The van der Waals surface area contributed by atoms with Gasteiger partial charge in [-0.05, 0) is 31.0 Å². The Labute approximate surface area is 127 Å². The molecule has 1 amide bonds. The fourth-order valence-electron chi connectivity index (χ4n) is 2.35. The molecule has 1 N–H and O–H groups in total. The SMILES string of the molecule is O=C(COC(=O)c1ccc(F)c(Cl)c1)NC1CCCCC1. The van der Waals surface area contributed by atoms with Crippen LogP contribution >= 0.6 is 11.6 Å². The number of hydrogen-bond acceptors (Lipinski definition) is 3. The summed E-state index contributed by atoms with van der Waals surface area (Å²) >= 11 is 5.59. The summed E-state index contributed by atoms with van der Waals surface area (Å²) in [5.74, 6) is -1.62. The molecule has 0 unspecified atom stereocenters. The summed E-state index contributed by atoms with van der Waals surface area (Å²) in [6, 6.07) is 3.70. The molecule has 0 aliphatic heterocycles. The van der Waals surface area contributed by atoms with E-state index in [4.69, 9.17) is 16.3 Å². The lowest BCUT2D eigenvalue weighted by molar-refractivity contribution is -0.125. The van der Waals surface area contributed by atoms with Crippen molar-refractivity contribution in [3.63, 3.8) is 0 Å². The summed E-state index contributed by atoms with van der Waals surface area (Å²) in [7, 11) is 0. The van der Waals surface area contributed by atoms with E-state index >= 15 is 0 Å². The van der Waals surface area contributed by atoms with Gasteiger partial charge in [0.25, 0.3) is 5.91 Å². The maximum Gasteiger partial charge on any atom is 0.338 e. The topological polar surface area (TPSA) is 55.4 Å². The van der Waals surface area contributed by atoms with Crippen LogP contribution in [0.3, 0.4) is 0 Å². The van der Waals surface area contributed by atoms with Crippen LogP contribution in [0.4, 0.5) is 4.39 Å². The van der Waals surface area contributed by atoms with Crippen molar-refractivity contribution in [1.82, 2.24) is 5.32 Å². The number of esters is 1. The number of carbonyl (C=O) groups is 2. The van der Waals surface area contributed by atoms with E-state index in [0.29, 0.717) is 0 Å². The van der Waals surface area contributed by atoms with Gasteiger partial charge in [-0.2, -0.15) is 0 Å². The van der Waals surface area contributed by atoms with Crippen LogP contribution in [0, 0.1) is 5.82 Å². The zero-order valence-corrected chi connectivity index (χ0v) is 12.3. The van der Waals surface area contributed by atoms with Gasteiger partial charge in [-0.15, -0.1) is 0 Å². The fraction of sp³-hybridized carbons (Fsp3) is 0.467. The summed E-state index contributed by atoms with van der Waals surface area (Å²) in [6.45, 7) is -0.343. The first-order valence-corrected chi connectivity index (χ1v) is 7.35. The summed E-state index contributed by atoms with van der Waals surface area (Å²) in [6.07, 6.45) is 5.35. The molecular formula is C15H17ClFNO3. The number of nitrogens with one attached hydrogen (secondary N) is 1. The molecule has 1 aliphatic carbocycles. The highest BCUT2D eigenvalue weighted by Gasteiger charge is 2.17. The van der Waals surface area contributed by atoms with Crippen LogP contribution in [-0.2, 0) is 9.53 Å². The largest absolute Gasteiger partial charge is 0.452 e. The molecule has 4 nitrogen and oxygen atoms in total. The molecular weight excluding hydrogens is 297 g/mol. The molecule has 114 valence electrons. The lowest BCUT2D eigenvalue weighted by Gasteiger charge is -2.22. The molecule has 2 rings (SSSR count). The number of amides is 1. The molecule has 1 aliphatic rings. The Morgan fingerprint density at radius 3 is 2.67 bits per heavy atom. The van der Waals surface area contributed by atoms with Crippen LogP contribution in [0.25, 0.3) is 0 Å². The van der Waals surface area contributed by atoms with Crippen LogP contribution in [0.15, 0.2) is 18.2 Å². The third-order valence-corrected chi connectivity index (χ3v) is 3.75. The maximum atomic E-state index is 13.0. The lowest BCUT2D eigenvalue weighted by atomic mass is 9.95. The number of ether oxygens (including phenoxy) is 1. The maximum absolute atomic E-state index is 13.0. The highest BCUT2D eigenvalue weighted by molar-refractivity contribution is 6.31. The Hall–Kier alpha value is -1.62. The first kappa shape index (κ1) is 15.8. The monoisotopic (exact) mass is 313 g/mol. The number of carbonyl (C=O) groups excluding carboxylic acids is 2. The van der Waals surface area contributed by atoms with Gasteiger partial charge in [0.05, 0.1) is 10.6 Å². The predicted molar refractivity (Wildman–Crippen MR) is 76.7 cm³/mol. The van der Waals surface area contributed by atoms with Crippen LogP contribution in [0.5, 0.6) is 0 Å². The molecule has 0 atom stereocenters. The minimum Gasteiger partial charge on any atom is -0.452 e. The summed E-state index contributed by atoms with van der Waals surface area (Å²) in [5.41, 5.74) is 0.117. The van der Waals surface area contributed by atoms with Crippen LogP contribution in [0.2, 0.25) is 5.02 Å². The molecule has 0 heterocycles. The van der Waals surface area contributed by atoms with E-state index in [9.17, 15) is 14.0 Å². The van der Waals surface area contributed by atoms with Crippen molar-refractivity contribution < 1.29 is 18.7 Å². The van der Waals surface area contributed by atoms with E-state index in [1.54, 1.807) is 0 Å². The van der Waals surface area contributed by atoms with Gasteiger partial charge in [-0.3, -0.25) is 4.79 Å². The van der Waals surface area contributed by atoms with Crippen LogP contribution in [0.1, 0.15) is 42.5 Å². The highest BCUT2D eigenvalue weighted by atomic mass is 35.5. The molecule has 21 heavy (non-hydrogen) atoms. The van der Waals surface area contributed by atoms with E-state index in [0.717, 1.165) is 31.7 Å². The van der Waals surface area contributed by atoms with E-state index in [2.05, 4.69) is 5.32 Å². The summed E-state index contributed by atoms with van der Waals surface area (Å²) < 4.78 is 17.9. The van der Waals surface area contributed by atoms with Crippen molar-refractivity contribution in [2.75, 3.05) is 6.61 Å². The summed E-state index contributed by atoms with van der Waals surface area (Å²) in [4.78, 5) is 23.4. The Bertz CT molecular complexity index is 530.